The Bertz CT molecular complexity index is 1060. The number of piperidine rings is 1. The quantitative estimate of drug-likeness (QED) is 0.669. The lowest BCUT2D eigenvalue weighted by Gasteiger charge is -2.33. The molecule has 1 aliphatic rings. The largest absolute Gasteiger partial charge is 0.370 e. The molecule has 3 aromatic rings. The van der Waals surface area contributed by atoms with E-state index in [1.807, 2.05) is 67.6 Å². The number of benzene rings is 2. The second-order valence-corrected chi connectivity index (χ2v) is 8.10. The maximum Gasteiger partial charge on any atom is 0.269 e. The van der Waals surface area contributed by atoms with Crippen LogP contribution in [0, 0.1) is 5.92 Å². The van der Waals surface area contributed by atoms with E-state index in [0.717, 1.165) is 42.7 Å². The number of anilines is 1. The van der Waals surface area contributed by atoms with Crippen molar-refractivity contribution in [2.24, 2.45) is 5.92 Å². The zero-order chi connectivity index (χ0) is 21.6. The average molecular weight is 417 g/mol. The van der Waals surface area contributed by atoms with Gasteiger partial charge in [0.05, 0.1) is 24.5 Å². The highest BCUT2D eigenvalue weighted by Gasteiger charge is 2.26. The molecule has 2 aromatic carbocycles. The van der Waals surface area contributed by atoms with Gasteiger partial charge in [0.2, 0.25) is 5.91 Å². The Hall–Kier alpha value is -3.41. The van der Waals surface area contributed by atoms with Gasteiger partial charge in [-0.3, -0.25) is 9.59 Å². The Balaban J connectivity index is 1.32. The Kier molecular flexibility index (Phi) is 6.46. The van der Waals surface area contributed by atoms with Gasteiger partial charge in [-0.15, -0.1) is 0 Å². The van der Waals surface area contributed by atoms with Crippen LogP contribution in [0.25, 0.3) is 0 Å². The van der Waals surface area contributed by atoms with E-state index in [9.17, 15) is 9.59 Å². The first kappa shape index (κ1) is 20.8. The molecule has 6 nitrogen and oxygen atoms in total. The fourth-order valence-electron chi connectivity index (χ4n) is 4.03. The Labute approximate surface area is 182 Å². The van der Waals surface area contributed by atoms with Gasteiger partial charge in [0.25, 0.3) is 5.56 Å². The second kappa shape index (κ2) is 9.60. The van der Waals surface area contributed by atoms with Gasteiger partial charge in [-0.1, -0.05) is 60.7 Å². The first-order valence-electron chi connectivity index (χ1n) is 10.8. The third-order valence-corrected chi connectivity index (χ3v) is 5.92. The number of carbonyl (C=O) groups excluding carboxylic acids is 1. The fraction of sp³-hybridized carbons (Fsp3) is 0.320. The molecule has 0 spiro atoms. The number of nitrogens with one attached hydrogen (secondary N) is 1. The minimum absolute atomic E-state index is 0.00572. The summed E-state index contributed by atoms with van der Waals surface area (Å²) < 4.78 is 1.48. The van der Waals surface area contributed by atoms with Gasteiger partial charge in [0.15, 0.2) is 0 Å². The highest BCUT2D eigenvalue weighted by Crippen LogP contribution is 2.23. The minimum atomic E-state index is -0.113. The summed E-state index contributed by atoms with van der Waals surface area (Å²) in [4.78, 5) is 27.4. The van der Waals surface area contributed by atoms with E-state index in [2.05, 4.69) is 15.3 Å². The number of nitrogens with zero attached hydrogens (tertiary/aromatic N) is 3. The van der Waals surface area contributed by atoms with Crippen molar-refractivity contribution in [2.45, 2.75) is 32.4 Å². The van der Waals surface area contributed by atoms with Gasteiger partial charge < -0.3 is 10.2 Å². The molecule has 1 aromatic heterocycles. The lowest BCUT2D eigenvalue weighted by Crippen LogP contribution is -2.41. The van der Waals surface area contributed by atoms with Crippen molar-refractivity contribution in [1.29, 1.82) is 0 Å². The maximum atomic E-state index is 12.7. The zero-order valence-corrected chi connectivity index (χ0v) is 17.8. The number of carbonyl (C=O) groups is 1. The number of hydrogen-bond donors (Lipinski definition) is 1. The summed E-state index contributed by atoms with van der Waals surface area (Å²) in [5.74, 6) is 0.0984. The summed E-state index contributed by atoms with van der Waals surface area (Å²) in [5, 5.41) is 7.50. The zero-order valence-electron chi connectivity index (χ0n) is 17.8. The van der Waals surface area contributed by atoms with Gasteiger partial charge in [-0.2, -0.15) is 5.10 Å². The number of hydrogen-bond acceptors (Lipinski definition) is 4. The Morgan fingerprint density at radius 1 is 1.06 bits per heavy atom. The summed E-state index contributed by atoms with van der Waals surface area (Å²) in [6, 6.07) is 21.5. The molecule has 0 aliphatic carbocycles. The maximum absolute atomic E-state index is 12.7. The smallest absolute Gasteiger partial charge is 0.269 e. The number of aromatic nitrogens is 2. The summed E-state index contributed by atoms with van der Waals surface area (Å²) in [6.07, 6.45) is 3.28. The first-order valence-corrected chi connectivity index (χ1v) is 10.8. The predicted octanol–water partition coefficient (Wildman–Crippen LogP) is 3.39. The molecule has 1 atom stereocenters. The van der Waals surface area contributed by atoms with Crippen molar-refractivity contribution >= 4 is 11.6 Å². The van der Waals surface area contributed by atoms with Crippen LogP contribution in [-0.2, 0) is 11.3 Å². The molecular formula is C25H28N4O2. The van der Waals surface area contributed by atoms with E-state index in [1.54, 1.807) is 12.3 Å². The molecule has 160 valence electrons. The van der Waals surface area contributed by atoms with Gasteiger partial charge in [0, 0.05) is 25.1 Å². The highest BCUT2D eigenvalue weighted by atomic mass is 16.2. The summed E-state index contributed by atoms with van der Waals surface area (Å²) in [7, 11) is 0. The molecule has 1 fully saturated rings. The molecule has 2 heterocycles. The van der Waals surface area contributed by atoms with E-state index < -0.39 is 0 Å². The van der Waals surface area contributed by atoms with Crippen LogP contribution in [0.1, 0.15) is 36.9 Å². The molecule has 1 saturated heterocycles. The first-order chi connectivity index (χ1) is 15.1. The van der Waals surface area contributed by atoms with Crippen LogP contribution in [0.4, 0.5) is 5.69 Å². The molecular weight excluding hydrogens is 388 g/mol. The van der Waals surface area contributed by atoms with Crippen LogP contribution >= 0.6 is 0 Å². The van der Waals surface area contributed by atoms with Crippen LogP contribution in [0.3, 0.4) is 0 Å². The van der Waals surface area contributed by atoms with Crippen molar-refractivity contribution in [1.82, 2.24) is 15.1 Å². The van der Waals surface area contributed by atoms with Crippen LogP contribution in [0.2, 0.25) is 0 Å². The lowest BCUT2D eigenvalue weighted by molar-refractivity contribution is -0.126. The van der Waals surface area contributed by atoms with Crippen molar-refractivity contribution in [3.63, 3.8) is 0 Å². The standard InChI is InChI=1S/C25H28N4O2/c1-19(21-10-6-3-7-11-21)27-25(31)22-12-14-28(15-13-22)23-16-24(30)29(26-17-23)18-20-8-4-2-5-9-20/h2-11,16-17,19,22H,12-15,18H2,1H3,(H,27,31)/t19-/m1/s1. The molecule has 4 rings (SSSR count). The molecule has 1 amide bonds. The average Bonchev–Trinajstić information content (AvgIpc) is 2.81. The fourth-order valence-corrected chi connectivity index (χ4v) is 4.03. The molecule has 0 unspecified atom stereocenters. The molecule has 31 heavy (non-hydrogen) atoms. The lowest BCUT2D eigenvalue weighted by atomic mass is 9.95. The normalized spacial score (nSPS) is 15.5. The van der Waals surface area contributed by atoms with E-state index in [0.29, 0.717) is 6.54 Å². The monoisotopic (exact) mass is 416 g/mol. The summed E-state index contributed by atoms with van der Waals surface area (Å²) in [5.41, 5.74) is 2.86. The third kappa shape index (κ3) is 5.20. The number of rotatable bonds is 6. The Morgan fingerprint density at radius 3 is 2.35 bits per heavy atom. The molecule has 0 saturated carbocycles. The SMILES string of the molecule is C[C@@H](NC(=O)C1CCN(c2cnn(Cc3ccccc3)c(=O)c2)CC1)c1ccccc1. The van der Waals surface area contributed by atoms with E-state index in [4.69, 9.17) is 0 Å². The van der Waals surface area contributed by atoms with Gasteiger partial charge in [0.1, 0.15) is 0 Å². The van der Waals surface area contributed by atoms with Gasteiger partial charge >= 0.3 is 0 Å². The second-order valence-electron chi connectivity index (χ2n) is 8.10. The third-order valence-electron chi connectivity index (χ3n) is 5.92. The van der Waals surface area contributed by atoms with E-state index in [1.165, 1.54) is 4.68 Å². The van der Waals surface area contributed by atoms with Crippen molar-refractivity contribution in [3.8, 4) is 0 Å². The van der Waals surface area contributed by atoms with Crippen molar-refractivity contribution < 1.29 is 4.79 Å². The van der Waals surface area contributed by atoms with Gasteiger partial charge in [-0.05, 0) is 30.9 Å². The Morgan fingerprint density at radius 2 is 1.71 bits per heavy atom. The molecule has 1 N–H and O–H groups in total. The van der Waals surface area contributed by atoms with Crippen LogP contribution in [0.15, 0.2) is 77.7 Å². The summed E-state index contributed by atoms with van der Waals surface area (Å²) >= 11 is 0. The predicted molar refractivity (Wildman–Crippen MR) is 122 cm³/mol. The van der Waals surface area contributed by atoms with E-state index in [-0.39, 0.29) is 23.4 Å². The van der Waals surface area contributed by atoms with Crippen LogP contribution in [0.5, 0.6) is 0 Å². The number of amides is 1. The molecule has 6 heteroatoms. The highest BCUT2D eigenvalue weighted by molar-refractivity contribution is 5.79. The summed E-state index contributed by atoms with van der Waals surface area (Å²) in [6.45, 7) is 3.95. The molecule has 0 bridgehead atoms. The van der Waals surface area contributed by atoms with Crippen molar-refractivity contribution in [2.75, 3.05) is 18.0 Å². The topological polar surface area (TPSA) is 67.2 Å². The van der Waals surface area contributed by atoms with Crippen LogP contribution in [-0.4, -0.2) is 28.8 Å². The van der Waals surface area contributed by atoms with Crippen LogP contribution < -0.4 is 15.8 Å². The molecule has 0 radical (unpaired) electrons. The van der Waals surface area contributed by atoms with Gasteiger partial charge in [-0.25, -0.2) is 4.68 Å². The minimum Gasteiger partial charge on any atom is -0.370 e. The van der Waals surface area contributed by atoms with E-state index >= 15 is 0 Å². The molecule has 1 aliphatic heterocycles. The van der Waals surface area contributed by atoms with Crippen molar-refractivity contribution in [3.05, 3.63) is 94.4 Å².